The molecule has 10 heteroatoms. The van der Waals surface area contributed by atoms with Crippen LogP contribution in [0.5, 0.6) is 5.75 Å². The van der Waals surface area contributed by atoms with Gasteiger partial charge in [-0.05, 0) is 72.6 Å². The second kappa shape index (κ2) is 12.3. The Bertz CT molecular complexity index is 1270. The summed E-state index contributed by atoms with van der Waals surface area (Å²) >= 11 is 0. The summed E-state index contributed by atoms with van der Waals surface area (Å²) in [6.07, 6.45) is 2.12. The van der Waals surface area contributed by atoms with E-state index in [0.717, 1.165) is 16.0 Å². The van der Waals surface area contributed by atoms with Crippen LogP contribution >= 0.6 is 0 Å². The Morgan fingerprint density at radius 3 is 2.51 bits per heavy atom. The van der Waals surface area contributed by atoms with Crippen molar-refractivity contribution >= 4 is 36.2 Å². The zero-order chi connectivity index (χ0) is 28.3. The summed E-state index contributed by atoms with van der Waals surface area (Å²) in [7, 11) is -0.241. The van der Waals surface area contributed by atoms with Crippen molar-refractivity contribution < 1.29 is 39.7 Å². The highest BCUT2D eigenvalue weighted by molar-refractivity contribution is 6.58. The van der Waals surface area contributed by atoms with Gasteiger partial charge in [0.1, 0.15) is 5.75 Å². The van der Waals surface area contributed by atoms with Crippen LogP contribution in [-0.4, -0.2) is 70.7 Å². The Labute approximate surface area is 227 Å². The highest BCUT2D eigenvalue weighted by Crippen LogP contribution is 2.47. The number of methoxy groups -OCH3 is 1. The molecule has 2 amide bonds. The van der Waals surface area contributed by atoms with Crippen LogP contribution < -0.4 is 10.4 Å². The van der Waals surface area contributed by atoms with Crippen LogP contribution in [0.25, 0.3) is 6.08 Å². The van der Waals surface area contributed by atoms with Crippen molar-refractivity contribution in [2.45, 2.75) is 32.3 Å². The minimum Gasteiger partial charge on any atom is -0.508 e. The highest BCUT2D eigenvalue weighted by atomic mass is 16.5. The SMILES string of the molecule is COCC1=C([C@H](O)CC/C(C)=C/c2ccc(O)cc2)[C@H](CO)[C@@H]2C(=O)N(c3cccc(B(O)O)c3)C(=O)[C@@H]2C1. The number of nitrogens with zero attached hydrogens (tertiary/aromatic N) is 1. The van der Waals surface area contributed by atoms with E-state index >= 15 is 0 Å². The van der Waals surface area contributed by atoms with Gasteiger partial charge < -0.3 is 30.1 Å². The zero-order valence-electron chi connectivity index (χ0n) is 22.0. The molecule has 1 aliphatic carbocycles. The monoisotopic (exact) mass is 535 g/mol. The topological polar surface area (TPSA) is 148 Å². The Morgan fingerprint density at radius 2 is 1.87 bits per heavy atom. The summed E-state index contributed by atoms with van der Waals surface area (Å²) in [5, 5.41) is 50.4. The van der Waals surface area contributed by atoms with Gasteiger partial charge in [0.15, 0.2) is 0 Å². The van der Waals surface area contributed by atoms with E-state index in [1.165, 1.54) is 25.3 Å². The lowest BCUT2D eigenvalue weighted by molar-refractivity contribution is -0.123. The number of carbonyl (C=O) groups is 2. The normalized spacial score (nSPS) is 22.4. The minimum atomic E-state index is -1.76. The van der Waals surface area contributed by atoms with Gasteiger partial charge in [-0.3, -0.25) is 14.5 Å². The van der Waals surface area contributed by atoms with E-state index in [0.29, 0.717) is 24.0 Å². The van der Waals surface area contributed by atoms with Crippen LogP contribution in [0.4, 0.5) is 5.69 Å². The van der Waals surface area contributed by atoms with Crippen LogP contribution in [-0.2, 0) is 14.3 Å². The lowest BCUT2D eigenvalue weighted by atomic mass is 9.68. The van der Waals surface area contributed by atoms with Crippen molar-refractivity contribution in [3.63, 3.8) is 0 Å². The number of hydrogen-bond acceptors (Lipinski definition) is 8. The first kappa shape index (κ1) is 28.7. The molecule has 4 atom stereocenters. The molecule has 4 rings (SSSR count). The Kier molecular flexibility index (Phi) is 9.04. The molecule has 1 fully saturated rings. The number of benzene rings is 2. The number of aromatic hydroxyl groups is 1. The van der Waals surface area contributed by atoms with Crippen molar-refractivity contribution in [3.8, 4) is 5.75 Å². The quantitative estimate of drug-likeness (QED) is 0.174. The van der Waals surface area contributed by atoms with Gasteiger partial charge in [0.25, 0.3) is 0 Å². The maximum atomic E-state index is 13.6. The third-order valence-corrected chi connectivity index (χ3v) is 7.60. The van der Waals surface area contributed by atoms with Crippen molar-refractivity contribution in [3.05, 3.63) is 70.8 Å². The summed E-state index contributed by atoms with van der Waals surface area (Å²) in [4.78, 5) is 28.2. The molecular formula is C29H34BNO8. The van der Waals surface area contributed by atoms with Crippen molar-refractivity contribution in [1.29, 1.82) is 0 Å². The second-order valence-corrected chi connectivity index (χ2v) is 10.2. The van der Waals surface area contributed by atoms with E-state index < -0.39 is 49.4 Å². The Balaban J connectivity index is 1.59. The van der Waals surface area contributed by atoms with Crippen LogP contribution in [0.2, 0.25) is 0 Å². The van der Waals surface area contributed by atoms with E-state index in [-0.39, 0.29) is 29.9 Å². The molecule has 206 valence electrons. The summed E-state index contributed by atoms with van der Waals surface area (Å²) < 4.78 is 5.39. The van der Waals surface area contributed by atoms with E-state index in [1.54, 1.807) is 30.3 Å². The summed E-state index contributed by atoms with van der Waals surface area (Å²) in [6, 6.07) is 12.7. The van der Waals surface area contributed by atoms with Gasteiger partial charge >= 0.3 is 7.12 Å². The fourth-order valence-electron chi connectivity index (χ4n) is 5.79. The largest absolute Gasteiger partial charge is 0.508 e. The van der Waals surface area contributed by atoms with Gasteiger partial charge in [-0.1, -0.05) is 35.9 Å². The number of ether oxygens (including phenoxy) is 1. The molecule has 1 aliphatic heterocycles. The number of phenols is 1. The fraction of sp³-hybridized carbons (Fsp3) is 0.379. The minimum absolute atomic E-state index is 0.145. The third kappa shape index (κ3) is 6.00. The Morgan fingerprint density at radius 1 is 1.15 bits per heavy atom. The second-order valence-electron chi connectivity index (χ2n) is 10.2. The molecule has 0 bridgehead atoms. The van der Waals surface area contributed by atoms with Gasteiger partial charge in [-0.2, -0.15) is 0 Å². The molecule has 0 aromatic heterocycles. The van der Waals surface area contributed by atoms with Crippen molar-refractivity contribution in [2.24, 2.45) is 17.8 Å². The lowest BCUT2D eigenvalue weighted by Crippen LogP contribution is -2.39. The first-order chi connectivity index (χ1) is 18.7. The standard InChI is InChI=1S/C29H34BNO8/c1-17(12-18-7-9-22(33)10-8-18)6-11-25(34)26-19(16-39-2)13-23-27(24(26)15-32)29(36)31(28(23)35)21-5-3-4-20(14-21)30(37)38/h3-5,7-10,12,14,23-25,27,32-34,37-38H,6,11,13,15-16H2,1-2H3/b17-12+/t23-,24+,25-,27-/m1/s1. The first-order valence-corrected chi connectivity index (χ1v) is 13.0. The van der Waals surface area contributed by atoms with Gasteiger partial charge in [-0.25, -0.2) is 0 Å². The number of rotatable bonds is 10. The smallest absolute Gasteiger partial charge is 0.488 e. The maximum absolute atomic E-state index is 13.6. The molecule has 9 nitrogen and oxygen atoms in total. The van der Waals surface area contributed by atoms with Gasteiger partial charge in [-0.15, -0.1) is 0 Å². The van der Waals surface area contributed by atoms with Crippen molar-refractivity contribution in [2.75, 3.05) is 25.2 Å². The van der Waals surface area contributed by atoms with Crippen LogP contribution in [0, 0.1) is 17.8 Å². The third-order valence-electron chi connectivity index (χ3n) is 7.60. The molecule has 2 aromatic carbocycles. The number of fused-ring (bicyclic) bond motifs is 1. The molecule has 0 saturated carbocycles. The van der Waals surface area contributed by atoms with E-state index in [9.17, 15) is 35.0 Å². The average Bonchev–Trinajstić information content (AvgIpc) is 3.17. The molecule has 0 radical (unpaired) electrons. The summed E-state index contributed by atoms with van der Waals surface area (Å²) in [6.45, 7) is 1.67. The van der Waals surface area contributed by atoms with Crippen LogP contribution in [0.1, 0.15) is 31.7 Å². The zero-order valence-corrected chi connectivity index (χ0v) is 22.0. The Hall–Kier alpha value is -3.28. The van der Waals surface area contributed by atoms with Gasteiger partial charge in [0.2, 0.25) is 11.8 Å². The van der Waals surface area contributed by atoms with Gasteiger partial charge in [0.05, 0.1) is 36.8 Å². The molecule has 0 spiro atoms. The predicted octanol–water partition coefficient (Wildman–Crippen LogP) is 1.38. The number of anilines is 1. The van der Waals surface area contributed by atoms with Crippen molar-refractivity contribution in [1.82, 2.24) is 0 Å². The number of phenolic OH excluding ortho intramolecular Hbond substituents is 1. The molecule has 5 N–H and O–H groups in total. The molecule has 1 saturated heterocycles. The van der Waals surface area contributed by atoms with E-state index in [1.807, 2.05) is 13.0 Å². The number of imide groups is 1. The van der Waals surface area contributed by atoms with E-state index in [2.05, 4.69) is 0 Å². The number of aliphatic hydroxyl groups excluding tert-OH is 2. The van der Waals surface area contributed by atoms with Gasteiger partial charge in [0, 0.05) is 13.0 Å². The predicted molar refractivity (Wildman–Crippen MR) is 147 cm³/mol. The molecule has 2 aliphatic rings. The number of aliphatic hydroxyl groups is 2. The molecule has 0 unspecified atom stereocenters. The summed E-state index contributed by atoms with van der Waals surface area (Å²) in [5.74, 6) is -3.08. The number of amides is 2. The lowest BCUT2D eigenvalue weighted by Gasteiger charge is -2.36. The fourth-order valence-corrected chi connectivity index (χ4v) is 5.79. The van der Waals surface area contributed by atoms with Crippen LogP contribution in [0.3, 0.4) is 0 Å². The molecule has 1 heterocycles. The maximum Gasteiger partial charge on any atom is 0.488 e. The summed E-state index contributed by atoms with van der Waals surface area (Å²) in [5.41, 5.74) is 3.54. The van der Waals surface area contributed by atoms with E-state index in [4.69, 9.17) is 4.74 Å². The molecule has 39 heavy (non-hydrogen) atoms. The number of hydrogen-bond donors (Lipinski definition) is 5. The average molecular weight is 535 g/mol. The van der Waals surface area contributed by atoms with Crippen LogP contribution in [0.15, 0.2) is 65.3 Å². The number of allylic oxidation sites excluding steroid dienone is 1. The molecule has 2 aromatic rings. The molecular weight excluding hydrogens is 501 g/mol. The first-order valence-electron chi connectivity index (χ1n) is 13.0. The number of carbonyl (C=O) groups excluding carboxylic acids is 2. The highest BCUT2D eigenvalue weighted by Gasteiger charge is 2.55.